The van der Waals surface area contributed by atoms with Crippen molar-refractivity contribution < 1.29 is 9.59 Å². The number of aromatic nitrogens is 4. The fourth-order valence-electron chi connectivity index (χ4n) is 3.59. The van der Waals surface area contributed by atoms with Crippen molar-refractivity contribution in [3.63, 3.8) is 0 Å². The highest BCUT2D eigenvalue weighted by molar-refractivity contribution is 7.99. The second-order valence-corrected chi connectivity index (χ2v) is 8.27. The maximum Gasteiger partial charge on any atom is 0.231 e. The SMILES string of the molecule is CN1C(=O)Cc2cc(C(=O)CSc3nnc(-c4ccncc4)n3C3CC3)ccc21. The second kappa shape index (κ2) is 7.11. The van der Waals surface area contributed by atoms with Gasteiger partial charge in [0.2, 0.25) is 5.91 Å². The van der Waals surface area contributed by atoms with Gasteiger partial charge in [-0.05, 0) is 48.7 Å². The summed E-state index contributed by atoms with van der Waals surface area (Å²) in [5.41, 5.74) is 3.40. The highest BCUT2D eigenvalue weighted by atomic mass is 32.2. The number of fused-ring (bicyclic) bond motifs is 1. The number of amides is 1. The number of carbonyl (C=O) groups is 2. The minimum absolute atomic E-state index is 0.0237. The van der Waals surface area contributed by atoms with Gasteiger partial charge in [-0.3, -0.25) is 19.1 Å². The number of ketones is 1. The first-order chi connectivity index (χ1) is 14.1. The number of thioether (sulfide) groups is 1. The summed E-state index contributed by atoms with van der Waals surface area (Å²) in [7, 11) is 1.76. The molecule has 1 aliphatic heterocycles. The normalized spacial score (nSPS) is 15.6. The lowest BCUT2D eigenvalue weighted by molar-refractivity contribution is -0.117. The molecule has 2 aliphatic rings. The summed E-state index contributed by atoms with van der Waals surface area (Å²) in [6, 6.07) is 9.73. The number of hydrogen-bond donors (Lipinski definition) is 0. The van der Waals surface area contributed by atoms with Gasteiger partial charge in [-0.2, -0.15) is 0 Å². The lowest BCUT2D eigenvalue weighted by Gasteiger charge is -2.10. The Morgan fingerprint density at radius 2 is 1.97 bits per heavy atom. The number of likely N-dealkylation sites (N-methyl/N-ethyl adjacent to an activating group) is 1. The zero-order valence-electron chi connectivity index (χ0n) is 15.9. The van der Waals surface area contributed by atoms with Crippen LogP contribution in [0.2, 0.25) is 0 Å². The van der Waals surface area contributed by atoms with Crippen molar-refractivity contribution in [3.8, 4) is 11.4 Å². The smallest absolute Gasteiger partial charge is 0.231 e. The Morgan fingerprint density at radius 1 is 1.17 bits per heavy atom. The number of rotatable bonds is 6. The Labute approximate surface area is 172 Å². The third-order valence-corrected chi connectivity index (χ3v) is 6.27. The van der Waals surface area contributed by atoms with Crippen molar-refractivity contribution in [2.75, 3.05) is 17.7 Å². The van der Waals surface area contributed by atoms with E-state index in [1.54, 1.807) is 30.4 Å². The molecular weight excluding hydrogens is 386 g/mol. The van der Waals surface area contributed by atoms with Gasteiger partial charge in [-0.1, -0.05) is 11.8 Å². The van der Waals surface area contributed by atoms with E-state index < -0.39 is 0 Å². The van der Waals surface area contributed by atoms with Crippen LogP contribution in [0, 0.1) is 0 Å². The van der Waals surface area contributed by atoms with E-state index in [0.717, 1.165) is 40.6 Å². The fraction of sp³-hybridized carbons (Fsp3) is 0.286. The van der Waals surface area contributed by atoms with Crippen LogP contribution in [0.3, 0.4) is 0 Å². The number of Topliss-reactive ketones (excluding diaryl/α,β-unsaturated/α-hetero) is 1. The molecule has 1 aromatic carbocycles. The molecule has 7 nitrogen and oxygen atoms in total. The number of pyridine rings is 1. The van der Waals surface area contributed by atoms with Crippen LogP contribution in [0.1, 0.15) is 34.8 Å². The van der Waals surface area contributed by atoms with Crippen LogP contribution < -0.4 is 4.90 Å². The summed E-state index contributed by atoms with van der Waals surface area (Å²) in [6.07, 6.45) is 6.04. The number of benzene rings is 1. The number of carbonyl (C=O) groups excluding carboxylic acids is 2. The molecule has 2 aromatic heterocycles. The molecule has 1 aliphatic carbocycles. The summed E-state index contributed by atoms with van der Waals surface area (Å²) >= 11 is 1.42. The summed E-state index contributed by atoms with van der Waals surface area (Å²) in [5.74, 6) is 1.18. The standard InChI is InChI=1S/C21H19N5O2S/c1-25-17-5-2-14(10-15(17)11-19(25)28)18(27)12-29-21-24-23-20(26(21)16-3-4-16)13-6-8-22-9-7-13/h2,5-10,16H,3-4,11-12H2,1H3. The first-order valence-electron chi connectivity index (χ1n) is 9.52. The van der Waals surface area contributed by atoms with Gasteiger partial charge in [0.25, 0.3) is 0 Å². The van der Waals surface area contributed by atoms with Gasteiger partial charge < -0.3 is 4.90 Å². The van der Waals surface area contributed by atoms with Crippen molar-refractivity contribution >= 4 is 29.1 Å². The monoisotopic (exact) mass is 405 g/mol. The van der Waals surface area contributed by atoms with E-state index in [1.807, 2.05) is 24.3 Å². The molecule has 3 heterocycles. The molecule has 0 atom stereocenters. The van der Waals surface area contributed by atoms with Crippen molar-refractivity contribution in [1.82, 2.24) is 19.7 Å². The number of hydrogen-bond acceptors (Lipinski definition) is 6. The van der Waals surface area contributed by atoms with Crippen LogP contribution in [0.15, 0.2) is 47.9 Å². The summed E-state index contributed by atoms with van der Waals surface area (Å²) in [6.45, 7) is 0. The maximum atomic E-state index is 12.8. The van der Waals surface area contributed by atoms with Crippen LogP contribution in [0.4, 0.5) is 5.69 Å². The van der Waals surface area contributed by atoms with Gasteiger partial charge in [0.1, 0.15) is 0 Å². The van der Waals surface area contributed by atoms with E-state index in [1.165, 1.54) is 11.8 Å². The third kappa shape index (κ3) is 3.33. The first kappa shape index (κ1) is 18.1. The lowest BCUT2D eigenvalue weighted by Crippen LogP contribution is -2.20. The van der Waals surface area contributed by atoms with Crippen molar-refractivity contribution in [1.29, 1.82) is 0 Å². The summed E-state index contributed by atoms with van der Waals surface area (Å²) in [4.78, 5) is 30.3. The van der Waals surface area contributed by atoms with E-state index in [2.05, 4.69) is 19.7 Å². The van der Waals surface area contributed by atoms with Crippen LogP contribution in [0.5, 0.6) is 0 Å². The Bertz CT molecular complexity index is 1110. The van der Waals surface area contributed by atoms with Crippen molar-refractivity contribution in [2.24, 2.45) is 0 Å². The highest BCUT2D eigenvalue weighted by Crippen LogP contribution is 2.41. The Kier molecular flexibility index (Phi) is 4.43. The highest BCUT2D eigenvalue weighted by Gasteiger charge is 2.30. The Balaban J connectivity index is 1.35. The average molecular weight is 405 g/mol. The maximum absolute atomic E-state index is 12.8. The predicted molar refractivity (Wildman–Crippen MR) is 110 cm³/mol. The molecule has 1 fully saturated rings. The molecule has 8 heteroatoms. The van der Waals surface area contributed by atoms with E-state index in [-0.39, 0.29) is 17.4 Å². The number of anilines is 1. The molecule has 0 spiro atoms. The topological polar surface area (TPSA) is 81.0 Å². The van der Waals surface area contributed by atoms with Gasteiger partial charge in [0.15, 0.2) is 16.8 Å². The van der Waals surface area contributed by atoms with Gasteiger partial charge >= 0.3 is 0 Å². The van der Waals surface area contributed by atoms with E-state index in [9.17, 15) is 9.59 Å². The minimum atomic E-state index is 0.0237. The minimum Gasteiger partial charge on any atom is -0.315 e. The Hall–Kier alpha value is -3.00. The van der Waals surface area contributed by atoms with E-state index in [0.29, 0.717) is 18.0 Å². The molecule has 29 heavy (non-hydrogen) atoms. The zero-order chi connectivity index (χ0) is 20.0. The second-order valence-electron chi connectivity index (χ2n) is 7.33. The molecule has 0 radical (unpaired) electrons. The molecule has 5 rings (SSSR count). The summed E-state index contributed by atoms with van der Waals surface area (Å²) < 4.78 is 2.14. The zero-order valence-corrected chi connectivity index (χ0v) is 16.7. The lowest BCUT2D eigenvalue weighted by atomic mass is 10.1. The van der Waals surface area contributed by atoms with Crippen LogP contribution >= 0.6 is 11.8 Å². The van der Waals surface area contributed by atoms with Gasteiger partial charge in [0.05, 0.1) is 12.2 Å². The molecule has 3 aromatic rings. The van der Waals surface area contributed by atoms with E-state index in [4.69, 9.17) is 0 Å². The molecular formula is C21H19N5O2S. The van der Waals surface area contributed by atoms with Crippen LogP contribution in [-0.4, -0.2) is 44.2 Å². The van der Waals surface area contributed by atoms with Crippen molar-refractivity contribution in [3.05, 3.63) is 53.9 Å². The summed E-state index contributed by atoms with van der Waals surface area (Å²) in [5, 5.41) is 9.49. The molecule has 1 saturated carbocycles. The van der Waals surface area contributed by atoms with Gasteiger partial charge in [0, 0.05) is 42.3 Å². The number of nitrogens with zero attached hydrogens (tertiary/aromatic N) is 5. The predicted octanol–water partition coefficient (Wildman–Crippen LogP) is 3.17. The molecule has 1 amide bonds. The molecule has 146 valence electrons. The van der Waals surface area contributed by atoms with Crippen molar-refractivity contribution in [2.45, 2.75) is 30.5 Å². The van der Waals surface area contributed by atoms with Crippen LogP contribution in [0.25, 0.3) is 11.4 Å². The molecule has 0 bridgehead atoms. The van der Waals surface area contributed by atoms with Crippen LogP contribution in [-0.2, 0) is 11.2 Å². The molecule has 0 saturated heterocycles. The third-order valence-electron chi connectivity index (χ3n) is 5.33. The molecule has 0 N–H and O–H groups in total. The van der Waals surface area contributed by atoms with Gasteiger partial charge in [-0.25, -0.2) is 0 Å². The quantitative estimate of drug-likeness (QED) is 0.463. The largest absolute Gasteiger partial charge is 0.315 e. The molecule has 0 unspecified atom stereocenters. The fourth-order valence-corrected chi connectivity index (χ4v) is 4.49. The first-order valence-corrected chi connectivity index (χ1v) is 10.5. The average Bonchev–Trinajstić information content (AvgIpc) is 3.43. The van der Waals surface area contributed by atoms with E-state index >= 15 is 0 Å². The van der Waals surface area contributed by atoms with Gasteiger partial charge in [-0.15, -0.1) is 10.2 Å². The Morgan fingerprint density at radius 3 is 2.72 bits per heavy atom.